The third-order valence-electron chi connectivity index (χ3n) is 2.74. The van der Waals surface area contributed by atoms with Gasteiger partial charge in [0.05, 0.1) is 6.61 Å². The van der Waals surface area contributed by atoms with Gasteiger partial charge in [-0.15, -0.1) is 0 Å². The monoisotopic (exact) mass is 157 g/mol. The first kappa shape index (κ1) is 9.01. The topological polar surface area (TPSA) is 12.5 Å². The molecule has 1 aliphatic rings. The van der Waals surface area contributed by atoms with E-state index in [1.165, 1.54) is 19.4 Å². The number of ether oxygens (including phenoxy) is 1. The van der Waals surface area contributed by atoms with Gasteiger partial charge in [0.2, 0.25) is 0 Å². The minimum atomic E-state index is 0.323. The summed E-state index contributed by atoms with van der Waals surface area (Å²) in [6, 6.07) is 0. The summed E-state index contributed by atoms with van der Waals surface area (Å²) in [6.07, 6.45) is 2.61. The summed E-state index contributed by atoms with van der Waals surface area (Å²) in [4.78, 5) is 2.51. The van der Waals surface area contributed by atoms with Crippen molar-refractivity contribution in [3.8, 4) is 0 Å². The van der Waals surface area contributed by atoms with E-state index in [0.717, 1.165) is 13.2 Å². The maximum atomic E-state index is 5.22. The fourth-order valence-electron chi connectivity index (χ4n) is 2.09. The third kappa shape index (κ3) is 1.74. The largest absolute Gasteiger partial charge is 0.383 e. The molecule has 2 nitrogen and oxygen atoms in total. The van der Waals surface area contributed by atoms with Crippen LogP contribution in [0, 0.1) is 0 Å². The van der Waals surface area contributed by atoms with Gasteiger partial charge in [0.15, 0.2) is 0 Å². The molecule has 1 fully saturated rings. The number of hydrogen-bond donors (Lipinski definition) is 0. The average Bonchev–Trinajstić information content (AvgIpc) is 2.31. The van der Waals surface area contributed by atoms with Crippen molar-refractivity contribution < 1.29 is 4.74 Å². The molecule has 11 heavy (non-hydrogen) atoms. The molecule has 2 heteroatoms. The molecular formula is C9H19NO. The Bertz CT molecular complexity index is 127. The summed E-state index contributed by atoms with van der Waals surface area (Å²) in [7, 11) is 1.79. The summed E-state index contributed by atoms with van der Waals surface area (Å²) in [5.41, 5.74) is 0.323. The Morgan fingerprint density at radius 2 is 2.27 bits per heavy atom. The van der Waals surface area contributed by atoms with E-state index in [2.05, 4.69) is 18.7 Å². The second-order valence-corrected chi connectivity index (χ2v) is 3.61. The molecule has 0 aromatic rings. The van der Waals surface area contributed by atoms with Crippen LogP contribution in [0.4, 0.5) is 0 Å². The molecule has 0 bridgehead atoms. The van der Waals surface area contributed by atoms with E-state index < -0.39 is 0 Å². The highest BCUT2D eigenvalue weighted by Crippen LogP contribution is 2.28. The number of rotatable bonds is 3. The zero-order chi connectivity index (χ0) is 8.32. The summed E-state index contributed by atoms with van der Waals surface area (Å²) in [5.74, 6) is 0. The van der Waals surface area contributed by atoms with E-state index in [-0.39, 0.29) is 0 Å². The number of nitrogens with zero attached hydrogens (tertiary/aromatic N) is 1. The predicted molar refractivity (Wildman–Crippen MR) is 46.8 cm³/mol. The lowest BCUT2D eigenvalue weighted by atomic mass is 10.0. The summed E-state index contributed by atoms with van der Waals surface area (Å²) in [6.45, 7) is 7.79. The Balaban J connectivity index is 2.51. The number of hydrogen-bond acceptors (Lipinski definition) is 2. The molecule has 1 rings (SSSR count). The highest BCUT2D eigenvalue weighted by molar-refractivity contribution is 4.91. The minimum Gasteiger partial charge on any atom is -0.383 e. The molecule has 0 N–H and O–H groups in total. The number of likely N-dealkylation sites (N-methyl/N-ethyl adjacent to an activating group) is 1. The van der Waals surface area contributed by atoms with Gasteiger partial charge >= 0.3 is 0 Å². The van der Waals surface area contributed by atoms with Crippen molar-refractivity contribution in [3.63, 3.8) is 0 Å². The van der Waals surface area contributed by atoms with E-state index in [4.69, 9.17) is 4.74 Å². The van der Waals surface area contributed by atoms with E-state index in [0.29, 0.717) is 5.54 Å². The van der Waals surface area contributed by atoms with Gasteiger partial charge in [-0.3, -0.25) is 4.90 Å². The lowest BCUT2D eigenvalue weighted by molar-refractivity contribution is 0.0537. The first-order valence-electron chi connectivity index (χ1n) is 4.47. The Labute approximate surface area is 69.5 Å². The van der Waals surface area contributed by atoms with Gasteiger partial charge in [0.1, 0.15) is 0 Å². The van der Waals surface area contributed by atoms with Crippen LogP contribution in [-0.4, -0.2) is 37.2 Å². The van der Waals surface area contributed by atoms with Crippen molar-refractivity contribution in [2.45, 2.75) is 32.2 Å². The van der Waals surface area contributed by atoms with Gasteiger partial charge in [-0.1, -0.05) is 6.92 Å². The summed E-state index contributed by atoms with van der Waals surface area (Å²) in [5, 5.41) is 0. The molecule has 0 aromatic heterocycles. The predicted octanol–water partition coefficient (Wildman–Crippen LogP) is 1.51. The van der Waals surface area contributed by atoms with E-state index in [9.17, 15) is 0 Å². The second kappa shape index (κ2) is 3.55. The van der Waals surface area contributed by atoms with Crippen molar-refractivity contribution in [2.75, 3.05) is 26.8 Å². The molecule has 0 spiro atoms. The first-order chi connectivity index (χ1) is 5.23. The van der Waals surface area contributed by atoms with E-state index in [1.54, 1.807) is 7.11 Å². The summed E-state index contributed by atoms with van der Waals surface area (Å²) >= 11 is 0. The maximum Gasteiger partial charge on any atom is 0.0643 e. The zero-order valence-electron chi connectivity index (χ0n) is 7.89. The van der Waals surface area contributed by atoms with Crippen LogP contribution in [0.3, 0.4) is 0 Å². The van der Waals surface area contributed by atoms with Crippen molar-refractivity contribution in [2.24, 2.45) is 0 Å². The van der Waals surface area contributed by atoms with Gasteiger partial charge in [-0.05, 0) is 32.9 Å². The molecule has 0 saturated carbocycles. The molecular weight excluding hydrogens is 138 g/mol. The van der Waals surface area contributed by atoms with Gasteiger partial charge in [0, 0.05) is 12.6 Å². The fraction of sp³-hybridized carbons (Fsp3) is 1.00. The second-order valence-electron chi connectivity index (χ2n) is 3.61. The quantitative estimate of drug-likeness (QED) is 0.615. The SMILES string of the molecule is CCN1CCCC1(C)COC. The molecule has 1 atom stereocenters. The van der Waals surface area contributed by atoms with Crippen LogP contribution in [0.2, 0.25) is 0 Å². The van der Waals surface area contributed by atoms with Crippen molar-refractivity contribution in [1.82, 2.24) is 4.90 Å². The Kier molecular flexibility index (Phi) is 2.90. The van der Waals surface area contributed by atoms with Crippen molar-refractivity contribution in [3.05, 3.63) is 0 Å². The minimum absolute atomic E-state index is 0.323. The molecule has 1 unspecified atom stereocenters. The zero-order valence-corrected chi connectivity index (χ0v) is 7.89. The van der Waals surface area contributed by atoms with Crippen molar-refractivity contribution >= 4 is 0 Å². The van der Waals surface area contributed by atoms with Crippen LogP contribution in [0.25, 0.3) is 0 Å². The highest BCUT2D eigenvalue weighted by atomic mass is 16.5. The molecule has 0 amide bonds. The molecule has 1 heterocycles. The van der Waals surface area contributed by atoms with Gasteiger partial charge in [-0.25, -0.2) is 0 Å². The van der Waals surface area contributed by atoms with Crippen LogP contribution in [0.5, 0.6) is 0 Å². The van der Waals surface area contributed by atoms with Crippen LogP contribution in [-0.2, 0) is 4.74 Å². The lowest BCUT2D eigenvalue weighted by Crippen LogP contribution is -2.44. The molecule has 0 radical (unpaired) electrons. The normalized spacial score (nSPS) is 33.0. The van der Waals surface area contributed by atoms with E-state index >= 15 is 0 Å². The van der Waals surface area contributed by atoms with Gasteiger partial charge in [-0.2, -0.15) is 0 Å². The Morgan fingerprint density at radius 3 is 2.82 bits per heavy atom. The molecule has 0 aliphatic carbocycles. The molecule has 66 valence electrons. The van der Waals surface area contributed by atoms with E-state index in [1.807, 2.05) is 0 Å². The van der Waals surface area contributed by atoms with Crippen LogP contribution in [0.15, 0.2) is 0 Å². The molecule has 1 saturated heterocycles. The van der Waals surface area contributed by atoms with Crippen LogP contribution >= 0.6 is 0 Å². The maximum absolute atomic E-state index is 5.22. The average molecular weight is 157 g/mol. The number of likely N-dealkylation sites (tertiary alicyclic amines) is 1. The Hall–Kier alpha value is -0.0800. The van der Waals surface area contributed by atoms with Gasteiger partial charge in [0.25, 0.3) is 0 Å². The Morgan fingerprint density at radius 1 is 1.55 bits per heavy atom. The molecule has 1 aliphatic heterocycles. The summed E-state index contributed by atoms with van der Waals surface area (Å²) < 4.78 is 5.22. The standard InChI is InChI=1S/C9H19NO/c1-4-10-7-5-6-9(10,2)8-11-3/h4-8H2,1-3H3. The lowest BCUT2D eigenvalue weighted by Gasteiger charge is -2.33. The van der Waals surface area contributed by atoms with Crippen LogP contribution in [0.1, 0.15) is 26.7 Å². The number of methoxy groups -OCH3 is 1. The van der Waals surface area contributed by atoms with Crippen molar-refractivity contribution in [1.29, 1.82) is 0 Å². The first-order valence-corrected chi connectivity index (χ1v) is 4.47. The van der Waals surface area contributed by atoms with Crippen LogP contribution < -0.4 is 0 Å². The third-order valence-corrected chi connectivity index (χ3v) is 2.74. The smallest absolute Gasteiger partial charge is 0.0643 e. The molecule has 0 aromatic carbocycles. The fourth-order valence-corrected chi connectivity index (χ4v) is 2.09. The highest BCUT2D eigenvalue weighted by Gasteiger charge is 2.34. The van der Waals surface area contributed by atoms with Gasteiger partial charge < -0.3 is 4.74 Å².